The summed E-state index contributed by atoms with van der Waals surface area (Å²) < 4.78 is 0. The van der Waals surface area contributed by atoms with E-state index in [1.165, 1.54) is 64.5 Å². The van der Waals surface area contributed by atoms with Crippen LogP contribution in [0, 0.1) is 0 Å². The molecule has 2 aliphatic rings. The van der Waals surface area contributed by atoms with Crippen LogP contribution in [0.2, 0.25) is 0 Å². The van der Waals surface area contributed by atoms with Gasteiger partial charge in [-0.25, -0.2) is 0 Å². The monoisotopic (exact) mass is 252 g/mol. The minimum atomic E-state index is 0.450. The first-order valence-corrected chi connectivity index (χ1v) is 8.21. The first kappa shape index (κ1) is 14.3. The van der Waals surface area contributed by atoms with Gasteiger partial charge in [-0.2, -0.15) is 0 Å². The molecule has 1 N–H and O–H groups in total. The van der Waals surface area contributed by atoms with E-state index in [-0.39, 0.29) is 0 Å². The van der Waals surface area contributed by atoms with Gasteiger partial charge in [0, 0.05) is 24.2 Å². The Hall–Kier alpha value is -0.0800. The highest BCUT2D eigenvalue weighted by Crippen LogP contribution is 2.32. The Morgan fingerprint density at radius 1 is 1.17 bits per heavy atom. The van der Waals surface area contributed by atoms with Gasteiger partial charge >= 0.3 is 0 Å². The van der Waals surface area contributed by atoms with E-state index in [2.05, 4.69) is 31.0 Å². The van der Waals surface area contributed by atoms with Gasteiger partial charge in [0.2, 0.25) is 0 Å². The zero-order valence-electron chi connectivity index (χ0n) is 12.7. The van der Waals surface area contributed by atoms with E-state index < -0.39 is 0 Å². The lowest BCUT2D eigenvalue weighted by atomic mass is 9.81. The Morgan fingerprint density at radius 3 is 2.44 bits per heavy atom. The molecule has 1 atom stereocenters. The largest absolute Gasteiger partial charge is 0.310 e. The van der Waals surface area contributed by atoms with Crippen molar-refractivity contribution in [3.8, 4) is 0 Å². The minimum absolute atomic E-state index is 0.450. The van der Waals surface area contributed by atoms with Crippen LogP contribution in [0.15, 0.2) is 0 Å². The molecule has 1 spiro atoms. The molecule has 18 heavy (non-hydrogen) atoms. The zero-order valence-corrected chi connectivity index (χ0v) is 12.7. The molecule has 0 radical (unpaired) electrons. The van der Waals surface area contributed by atoms with Crippen LogP contribution in [0.5, 0.6) is 0 Å². The molecule has 0 aromatic carbocycles. The smallest absolute Gasteiger partial charge is 0.0309 e. The fourth-order valence-corrected chi connectivity index (χ4v) is 4.08. The second kappa shape index (κ2) is 6.38. The third-order valence-corrected chi connectivity index (χ3v) is 5.34. The molecule has 2 fully saturated rings. The zero-order chi connectivity index (χ0) is 13.0. The molecule has 1 unspecified atom stereocenters. The highest BCUT2D eigenvalue weighted by atomic mass is 15.2. The van der Waals surface area contributed by atoms with Crippen molar-refractivity contribution in [2.75, 3.05) is 13.1 Å². The molecule has 1 saturated carbocycles. The quantitative estimate of drug-likeness (QED) is 0.826. The average Bonchev–Trinajstić information content (AvgIpc) is 2.53. The third kappa shape index (κ3) is 3.08. The molecule has 2 nitrogen and oxygen atoms in total. The standard InChI is InChI=1S/C16H32N2/c1-4-15(5-2)18-13-16(10-7-6-8-11-16)17-12-9-14(18)3/h14-15,17H,4-13H2,1-3H3. The molecule has 2 rings (SSSR count). The Kier molecular flexibility index (Phi) is 5.08. The van der Waals surface area contributed by atoms with Gasteiger partial charge < -0.3 is 5.32 Å². The van der Waals surface area contributed by atoms with Crippen molar-refractivity contribution in [3.05, 3.63) is 0 Å². The number of nitrogens with one attached hydrogen (secondary N) is 1. The van der Waals surface area contributed by atoms with Crippen molar-refractivity contribution in [1.82, 2.24) is 10.2 Å². The first-order chi connectivity index (χ1) is 8.71. The fourth-order valence-electron chi connectivity index (χ4n) is 4.08. The normalized spacial score (nSPS) is 29.7. The van der Waals surface area contributed by atoms with E-state index >= 15 is 0 Å². The number of hydrogen-bond acceptors (Lipinski definition) is 2. The van der Waals surface area contributed by atoms with Crippen molar-refractivity contribution in [2.45, 2.75) is 89.8 Å². The Labute approximate surface area is 114 Å². The van der Waals surface area contributed by atoms with Crippen LogP contribution in [0.4, 0.5) is 0 Å². The van der Waals surface area contributed by atoms with E-state index in [9.17, 15) is 0 Å². The molecule has 2 heteroatoms. The molecule has 1 aliphatic carbocycles. The van der Waals surface area contributed by atoms with Gasteiger partial charge in [0.25, 0.3) is 0 Å². The summed E-state index contributed by atoms with van der Waals surface area (Å²) in [5.41, 5.74) is 0.450. The summed E-state index contributed by atoms with van der Waals surface area (Å²) >= 11 is 0. The lowest BCUT2D eigenvalue weighted by Crippen LogP contribution is -2.55. The number of rotatable bonds is 3. The Balaban J connectivity index is 2.10. The Morgan fingerprint density at radius 2 is 1.83 bits per heavy atom. The molecular formula is C16H32N2. The van der Waals surface area contributed by atoms with Gasteiger partial charge in [-0.1, -0.05) is 33.1 Å². The van der Waals surface area contributed by atoms with Crippen molar-refractivity contribution in [2.24, 2.45) is 0 Å². The van der Waals surface area contributed by atoms with Crippen LogP contribution in [0.25, 0.3) is 0 Å². The summed E-state index contributed by atoms with van der Waals surface area (Å²) in [4.78, 5) is 2.82. The molecule has 0 amide bonds. The van der Waals surface area contributed by atoms with Crippen LogP contribution >= 0.6 is 0 Å². The molecule has 1 heterocycles. The molecule has 0 aromatic rings. The second-order valence-electron chi connectivity index (χ2n) is 6.55. The van der Waals surface area contributed by atoms with E-state index in [0.29, 0.717) is 5.54 Å². The third-order valence-electron chi connectivity index (χ3n) is 5.34. The highest BCUT2D eigenvalue weighted by molar-refractivity contribution is 4.98. The minimum Gasteiger partial charge on any atom is -0.310 e. The molecule has 1 saturated heterocycles. The van der Waals surface area contributed by atoms with E-state index in [1.807, 2.05) is 0 Å². The fraction of sp³-hybridized carbons (Fsp3) is 1.00. The summed E-state index contributed by atoms with van der Waals surface area (Å²) in [6, 6.07) is 1.54. The summed E-state index contributed by atoms with van der Waals surface area (Å²) in [6.07, 6.45) is 11.0. The summed E-state index contributed by atoms with van der Waals surface area (Å²) in [5.74, 6) is 0. The molecule has 0 bridgehead atoms. The maximum Gasteiger partial charge on any atom is 0.0309 e. The highest BCUT2D eigenvalue weighted by Gasteiger charge is 2.38. The molecule has 0 aromatic heterocycles. The van der Waals surface area contributed by atoms with Crippen molar-refractivity contribution < 1.29 is 0 Å². The lowest BCUT2D eigenvalue weighted by Gasteiger charge is -2.43. The maximum absolute atomic E-state index is 3.92. The topological polar surface area (TPSA) is 15.3 Å². The van der Waals surface area contributed by atoms with Gasteiger partial charge in [0.05, 0.1) is 0 Å². The SMILES string of the molecule is CCC(CC)N1CC2(CCCCC2)NCCC1C. The van der Waals surface area contributed by atoms with Crippen molar-refractivity contribution in [1.29, 1.82) is 0 Å². The van der Waals surface area contributed by atoms with E-state index in [1.54, 1.807) is 0 Å². The van der Waals surface area contributed by atoms with Crippen molar-refractivity contribution in [3.63, 3.8) is 0 Å². The van der Waals surface area contributed by atoms with Crippen LogP contribution in [-0.4, -0.2) is 35.6 Å². The Bertz CT molecular complexity index is 241. The summed E-state index contributed by atoms with van der Waals surface area (Å²) in [5, 5.41) is 3.92. The van der Waals surface area contributed by atoms with E-state index in [0.717, 1.165) is 12.1 Å². The molecular weight excluding hydrogens is 220 g/mol. The number of hydrogen-bond donors (Lipinski definition) is 1. The second-order valence-corrected chi connectivity index (χ2v) is 6.55. The van der Waals surface area contributed by atoms with E-state index in [4.69, 9.17) is 0 Å². The van der Waals surface area contributed by atoms with Crippen LogP contribution in [0.3, 0.4) is 0 Å². The van der Waals surface area contributed by atoms with Crippen LogP contribution in [0.1, 0.15) is 72.1 Å². The van der Waals surface area contributed by atoms with Crippen LogP contribution < -0.4 is 5.32 Å². The van der Waals surface area contributed by atoms with Gasteiger partial charge in [-0.05, 0) is 45.6 Å². The average molecular weight is 252 g/mol. The maximum atomic E-state index is 3.92. The van der Waals surface area contributed by atoms with Gasteiger partial charge in [0.15, 0.2) is 0 Å². The predicted octanol–water partition coefficient (Wildman–Crippen LogP) is 3.56. The predicted molar refractivity (Wildman–Crippen MR) is 79.0 cm³/mol. The first-order valence-electron chi connectivity index (χ1n) is 8.21. The van der Waals surface area contributed by atoms with Gasteiger partial charge in [-0.3, -0.25) is 4.90 Å². The molecule has 1 aliphatic heterocycles. The van der Waals surface area contributed by atoms with Crippen molar-refractivity contribution >= 4 is 0 Å². The van der Waals surface area contributed by atoms with Gasteiger partial charge in [0.1, 0.15) is 0 Å². The van der Waals surface area contributed by atoms with Gasteiger partial charge in [-0.15, -0.1) is 0 Å². The summed E-state index contributed by atoms with van der Waals surface area (Å²) in [7, 11) is 0. The number of nitrogens with zero attached hydrogens (tertiary/aromatic N) is 1. The molecule has 106 valence electrons. The van der Waals surface area contributed by atoms with Crippen LogP contribution in [-0.2, 0) is 0 Å². The lowest BCUT2D eigenvalue weighted by molar-refractivity contribution is 0.0906. The summed E-state index contributed by atoms with van der Waals surface area (Å²) in [6.45, 7) is 9.65.